The van der Waals surface area contributed by atoms with E-state index >= 15 is 0 Å². The molecule has 0 aliphatic carbocycles. The van der Waals surface area contributed by atoms with E-state index in [0.29, 0.717) is 20.2 Å². The molecule has 17 heavy (non-hydrogen) atoms. The molecule has 0 spiro atoms. The Hall–Kier alpha value is -0.290. The van der Waals surface area contributed by atoms with Crippen LogP contribution in [0, 0.1) is 0 Å². The fourth-order valence-corrected chi connectivity index (χ4v) is 1.84. The number of anilines is 1. The molecule has 0 saturated heterocycles. The second-order valence-corrected chi connectivity index (χ2v) is 5.66. The molecule has 0 aromatic heterocycles. The highest BCUT2D eigenvalue weighted by Crippen LogP contribution is 2.36. The predicted octanol–water partition coefficient (Wildman–Crippen LogP) is 3.69. The van der Waals surface area contributed by atoms with Gasteiger partial charge in [0.25, 0.3) is 0 Å². The molecular formula is C11H13BrCl2N2O. The molecule has 0 saturated carbocycles. The number of likely N-dealkylation sites (N-methyl/N-ethyl adjacent to an activating group) is 1. The van der Waals surface area contributed by atoms with Crippen molar-refractivity contribution in [2.45, 2.75) is 19.4 Å². The van der Waals surface area contributed by atoms with Gasteiger partial charge in [-0.15, -0.1) is 0 Å². The lowest BCUT2D eigenvalue weighted by Gasteiger charge is -2.23. The van der Waals surface area contributed by atoms with Crippen LogP contribution in [0.4, 0.5) is 5.69 Å². The second-order valence-electron chi connectivity index (χ2n) is 4.05. The second kappa shape index (κ2) is 5.57. The first-order valence-corrected chi connectivity index (χ1v) is 6.48. The Morgan fingerprint density at radius 2 is 1.88 bits per heavy atom. The standard InChI is InChI=1S/C11H13BrCl2N2O/c1-11(2,15-3)10(17)16-7-5-4-6(12)8(13)9(7)14/h4-5,15H,1-3H3,(H,16,17). The summed E-state index contributed by atoms with van der Waals surface area (Å²) in [6, 6.07) is 3.43. The number of rotatable bonds is 3. The summed E-state index contributed by atoms with van der Waals surface area (Å²) < 4.78 is 0.690. The third-order valence-corrected chi connectivity index (χ3v) is 4.25. The number of amides is 1. The summed E-state index contributed by atoms with van der Waals surface area (Å²) in [4.78, 5) is 11.9. The van der Waals surface area contributed by atoms with E-state index in [-0.39, 0.29) is 5.91 Å². The maximum Gasteiger partial charge on any atom is 0.244 e. The minimum absolute atomic E-state index is 0.180. The molecule has 1 rings (SSSR count). The smallest absolute Gasteiger partial charge is 0.244 e. The lowest BCUT2D eigenvalue weighted by molar-refractivity contribution is -0.121. The van der Waals surface area contributed by atoms with Crippen molar-refractivity contribution in [2.24, 2.45) is 0 Å². The zero-order chi connectivity index (χ0) is 13.2. The van der Waals surface area contributed by atoms with Crippen LogP contribution in [0.5, 0.6) is 0 Å². The van der Waals surface area contributed by atoms with Crippen LogP contribution >= 0.6 is 39.1 Å². The Morgan fingerprint density at radius 3 is 2.41 bits per heavy atom. The molecule has 1 amide bonds. The Kier molecular flexibility index (Phi) is 4.84. The van der Waals surface area contributed by atoms with Gasteiger partial charge in [0.15, 0.2) is 0 Å². The Labute approximate surface area is 119 Å². The lowest BCUT2D eigenvalue weighted by Crippen LogP contribution is -2.47. The van der Waals surface area contributed by atoms with Gasteiger partial charge in [-0.2, -0.15) is 0 Å². The van der Waals surface area contributed by atoms with Crippen LogP contribution in [0.2, 0.25) is 10.0 Å². The topological polar surface area (TPSA) is 41.1 Å². The summed E-state index contributed by atoms with van der Waals surface area (Å²) in [6.45, 7) is 3.55. The number of hydrogen-bond donors (Lipinski definition) is 2. The van der Waals surface area contributed by atoms with Gasteiger partial charge in [0.2, 0.25) is 5.91 Å². The molecule has 6 heteroatoms. The van der Waals surface area contributed by atoms with Crippen molar-refractivity contribution < 1.29 is 4.79 Å². The summed E-state index contributed by atoms with van der Waals surface area (Å²) in [5, 5.41) is 6.34. The maximum absolute atomic E-state index is 11.9. The third kappa shape index (κ3) is 3.35. The molecule has 2 N–H and O–H groups in total. The van der Waals surface area contributed by atoms with Crippen LogP contribution in [0.15, 0.2) is 16.6 Å². The minimum atomic E-state index is -0.678. The van der Waals surface area contributed by atoms with Crippen molar-refractivity contribution in [3.8, 4) is 0 Å². The van der Waals surface area contributed by atoms with Crippen molar-refractivity contribution >= 4 is 50.7 Å². The average molecular weight is 340 g/mol. The molecule has 1 aromatic rings. The zero-order valence-corrected chi connectivity index (χ0v) is 12.8. The third-order valence-electron chi connectivity index (χ3n) is 2.48. The Bertz CT molecular complexity index is 449. The van der Waals surface area contributed by atoms with Gasteiger partial charge in [0.1, 0.15) is 0 Å². The van der Waals surface area contributed by atoms with Gasteiger partial charge in [-0.25, -0.2) is 0 Å². The van der Waals surface area contributed by atoms with Crippen LogP contribution in [-0.4, -0.2) is 18.5 Å². The number of carbonyl (C=O) groups excluding carboxylic acids is 1. The molecule has 0 aliphatic rings. The van der Waals surface area contributed by atoms with Crippen molar-refractivity contribution in [1.29, 1.82) is 0 Å². The molecule has 0 fully saturated rings. The van der Waals surface area contributed by atoms with Gasteiger partial charge >= 0.3 is 0 Å². The normalized spacial score (nSPS) is 11.4. The molecular weight excluding hydrogens is 327 g/mol. The lowest BCUT2D eigenvalue weighted by atomic mass is 10.1. The number of hydrogen-bond acceptors (Lipinski definition) is 2. The van der Waals surface area contributed by atoms with E-state index in [0.717, 1.165) is 0 Å². The van der Waals surface area contributed by atoms with E-state index in [1.54, 1.807) is 33.0 Å². The fraction of sp³-hybridized carbons (Fsp3) is 0.364. The zero-order valence-electron chi connectivity index (χ0n) is 9.70. The number of benzene rings is 1. The molecule has 0 bridgehead atoms. The summed E-state index contributed by atoms with van der Waals surface area (Å²) in [6.07, 6.45) is 0. The van der Waals surface area contributed by atoms with Gasteiger partial charge < -0.3 is 10.6 Å². The van der Waals surface area contributed by atoms with Gasteiger partial charge in [-0.05, 0) is 49.0 Å². The van der Waals surface area contributed by atoms with Gasteiger partial charge in [0.05, 0.1) is 21.3 Å². The van der Waals surface area contributed by atoms with E-state index in [1.807, 2.05) is 0 Å². The molecule has 3 nitrogen and oxygen atoms in total. The predicted molar refractivity (Wildman–Crippen MR) is 75.9 cm³/mol. The molecule has 0 unspecified atom stereocenters. The first-order valence-electron chi connectivity index (χ1n) is 4.93. The first-order chi connectivity index (χ1) is 7.79. The van der Waals surface area contributed by atoms with Crippen molar-refractivity contribution in [3.05, 3.63) is 26.7 Å². The average Bonchev–Trinajstić information content (AvgIpc) is 2.29. The van der Waals surface area contributed by atoms with Crippen LogP contribution < -0.4 is 10.6 Å². The molecule has 94 valence electrons. The van der Waals surface area contributed by atoms with E-state index in [2.05, 4.69) is 26.6 Å². The fourth-order valence-electron chi connectivity index (χ4n) is 1.01. The quantitative estimate of drug-likeness (QED) is 0.824. The van der Waals surface area contributed by atoms with Gasteiger partial charge in [-0.1, -0.05) is 23.2 Å². The summed E-state index contributed by atoms with van der Waals surface area (Å²) in [5.41, 5.74) is -0.184. The highest BCUT2D eigenvalue weighted by Gasteiger charge is 2.26. The summed E-state index contributed by atoms with van der Waals surface area (Å²) in [5.74, 6) is -0.180. The Balaban J connectivity index is 2.98. The van der Waals surface area contributed by atoms with Gasteiger partial charge in [-0.3, -0.25) is 4.79 Å². The summed E-state index contributed by atoms with van der Waals surface area (Å²) in [7, 11) is 1.72. The first kappa shape index (κ1) is 14.8. The molecule has 0 atom stereocenters. The SMILES string of the molecule is CNC(C)(C)C(=O)Nc1ccc(Br)c(Cl)c1Cl. The van der Waals surface area contributed by atoms with Crippen LogP contribution in [0.3, 0.4) is 0 Å². The van der Waals surface area contributed by atoms with E-state index in [9.17, 15) is 4.79 Å². The van der Waals surface area contributed by atoms with Crippen molar-refractivity contribution in [3.63, 3.8) is 0 Å². The maximum atomic E-state index is 11.9. The van der Waals surface area contributed by atoms with Crippen molar-refractivity contribution in [2.75, 3.05) is 12.4 Å². The van der Waals surface area contributed by atoms with E-state index in [1.165, 1.54) is 0 Å². The monoisotopic (exact) mass is 338 g/mol. The number of carbonyl (C=O) groups is 1. The number of halogens is 3. The largest absolute Gasteiger partial charge is 0.323 e. The highest BCUT2D eigenvalue weighted by atomic mass is 79.9. The van der Waals surface area contributed by atoms with Gasteiger partial charge in [0, 0.05) is 4.47 Å². The van der Waals surface area contributed by atoms with Crippen molar-refractivity contribution in [1.82, 2.24) is 5.32 Å². The van der Waals surface area contributed by atoms with Crippen LogP contribution in [-0.2, 0) is 4.79 Å². The van der Waals surface area contributed by atoms with E-state index < -0.39 is 5.54 Å². The van der Waals surface area contributed by atoms with Crippen LogP contribution in [0.25, 0.3) is 0 Å². The van der Waals surface area contributed by atoms with Crippen LogP contribution in [0.1, 0.15) is 13.8 Å². The number of nitrogens with one attached hydrogen (secondary N) is 2. The molecule has 1 aromatic carbocycles. The summed E-state index contributed by atoms with van der Waals surface area (Å²) >= 11 is 15.3. The molecule has 0 aliphatic heterocycles. The molecule has 0 heterocycles. The minimum Gasteiger partial charge on any atom is -0.323 e. The van der Waals surface area contributed by atoms with E-state index in [4.69, 9.17) is 23.2 Å². The highest BCUT2D eigenvalue weighted by molar-refractivity contribution is 9.10. The Morgan fingerprint density at radius 1 is 1.29 bits per heavy atom. The molecule has 0 radical (unpaired) electrons.